The van der Waals surface area contributed by atoms with Crippen LogP contribution in [0.1, 0.15) is 74.8 Å². The summed E-state index contributed by atoms with van der Waals surface area (Å²) in [5.74, 6) is -0.926. The van der Waals surface area contributed by atoms with E-state index in [4.69, 9.17) is 9.84 Å². The topological polar surface area (TPSA) is 105 Å². The number of unbranched alkanes of at least 4 members (excludes halogenated alkanes) is 4. The van der Waals surface area contributed by atoms with E-state index in [9.17, 15) is 14.4 Å². The van der Waals surface area contributed by atoms with Gasteiger partial charge in [-0.3, -0.25) is 9.59 Å². The van der Waals surface area contributed by atoms with E-state index in [0.717, 1.165) is 43.2 Å². The number of carbonyl (C=O) groups excluding carboxylic acids is 2. The number of carbonyl (C=O) groups is 3. The fraction of sp³-hybridized carbons (Fsp3) is 0.464. The molecule has 7 nitrogen and oxygen atoms in total. The molecule has 1 fully saturated rings. The van der Waals surface area contributed by atoms with E-state index in [2.05, 4.69) is 34.9 Å². The number of amides is 2. The van der Waals surface area contributed by atoms with E-state index in [0.29, 0.717) is 25.8 Å². The van der Waals surface area contributed by atoms with E-state index in [1.54, 1.807) is 0 Å². The summed E-state index contributed by atoms with van der Waals surface area (Å²) in [5, 5.41) is 14.5. The lowest BCUT2D eigenvalue weighted by molar-refractivity contribution is -0.137. The molecule has 2 aromatic rings. The third kappa shape index (κ3) is 5.84. The molecule has 186 valence electrons. The van der Waals surface area contributed by atoms with Crippen molar-refractivity contribution in [2.24, 2.45) is 0 Å². The fourth-order valence-corrected chi connectivity index (χ4v) is 5.07. The molecular weight excluding hydrogens is 444 g/mol. The Morgan fingerprint density at radius 3 is 2.09 bits per heavy atom. The number of fused-ring (bicyclic) bond motifs is 3. The highest BCUT2D eigenvalue weighted by Gasteiger charge is 2.45. The van der Waals surface area contributed by atoms with Crippen molar-refractivity contribution in [3.8, 4) is 11.1 Å². The second kappa shape index (κ2) is 11.4. The van der Waals surface area contributed by atoms with Gasteiger partial charge >= 0.3 is 12.1 Å². The largest absolute Gasteiger partial charge is 0.481 e. The van der Waals surface area contributed by atoms with Crippen LogP contribution in [0, 0.1) is 0 Å². The molecule has 2 aromatic carbocycles. The Kier molecular flexibility index (Phi) is 8.06. The number of nitrogens with one attached hydrogen (secondary N) is 2. The summed E-state index contributed by atoms with van der Waals surface area (Å²) in [6.45, 7) is 0.769. The summed E-state index contributed by atoms with van der Waals surface area (Å²) in [6, 6.07) is 16.4. The average molecular weight is 479 g/mol. The van der Waals surface area contributed by atoms with Crippen molar-refractivity contribution in [1.82, 2.24) is 10.6 Å². The predicted octanol–water partition coefficient (Wildman–Crippen LogP) is 4.99. The number of alkyl carbamates (subject to hydrolysis) is 1. The lowest BCUT2D eigenvalue weighted by atomic mass is 9.76. The van der Waals surface area contributed by atoms with Crippen LogP contribution in [-0.2, 0) is 14.3 Å². The molecule has 1 saturated carbocycles. The van der Waals surface area contributed by atoms with Crippen molar-refractivity contribution >= 4 is 18.0 Å². The normalized spacial score (nSPS) is 15.4. The van der Waals surface area contributed by atoms with Gasteiger partial charge in [0, 0.05) is 18.9 Å². The molecule has 4 rings (SSSR count). The number of carboxylic acids is 1. The van der Waals surface area contributed by atoms with Gasteiger partial charge in [-0.2, -0.15) is 0 Å². The van der Waals surface area contributed by atoms with Gasteiger partial charge in [-0.25, -0.2) is 4.79 Å². The van der Waals surface area contributed by atoms with Crippen molar-refractivity contribution in [3.05, 3.63) is 59.7 Å². The molecule has 2 aliphatic carbocycles. The van der Waals surface area contributed by atoms with Crippen LogP contribution in [-0.4, -0.2) is 41.8 Å². The van der Waals surface area contributed by atoms with Crippen LogP contribution in [0.5, 0.6) is 0 Å². The highest BCUT2D eigenvalue weighted by Crippen LogP contribution is 2.44. The number of hydrogen-bond donors (Lipinski definition) is 3. The van der Waals surface area contributed by atoms with Gasteiger partial charge in [-0.1, -0.05) is 67.8 Å². The molecule has 0 aliphatic heterocycles. The van der Waals surface area contributed by atoms with E-state index >= 15 is 0 Å². The van der Waals surface area contributed by atoms with Gasteiger partial charge in [-0.05, 0) is 54.4 Å². The minimum Gasteiger partial charge on any atom is -0.481 e. The molecule has 7 heteroatoms. The molecule has 0 bridgehead atoms. The van der Waals surface area contributed by atoms with Crippen LogP contribution in [0.25, 0.3) is 11.1 Å². The van der Waals surface area contributed by atoms with Crippen LogP contribution < -0.4 is 10.6 Å². The first-order chi connectivity index (χ1) is 17.0. The minimum atomic E-state index is -0.885. The summed E-state index contributed by atoms with van der Waals surface area (Å²) in [7, 11) is 0. The number of hydrogen-bond acceptors (Lipinski definition) is 4. The molecule has 0 heterocycles. The molecule has 2 aliphatic rings. The monoisotopic (exact) mass is 478 g/mol. The third-order valence-electron chi connectivity index (χ3n) is 7.18. The summed E-state index contributed by atoms with van der Waals surface area (Å²) in [4.78, 5) is 36.1. The molecule has 0 unspecified atom stereocenters. The maximum atomic E-state index is 12.8. The zero-order valence-corrected chi connectivity index (χ0v) is 20.1. The number of aliphatic carboxylic acids is 1. The molecule has 0 saturated heterocycles. The SMILES string of the molecule is O=C(O)CCCCCCCNC(=O)C1(NC(=O)OCC2c3ccccc3-c3ccccc32)CCC1. The van der Waals surface area contributed by atoms with Crippen molar-refractivity contribution in [3.63, 3.8) is 0 Å². The molecule has 35 heavy (non-hydrogen) atoms. The smallest absolute Gasteiger partial charge is 0.408 e. The standard InChI is InChI=1S/C28H34N2O5/c31-25(32)15-4-2-1-3-9-18-29-26(33)28(16-10-17-28)30-27(34)35-19-24-22-13-7-5-11-20(22)21-12-6-8-14-23(21)24/h5-8,11-14,24H,1-4,9-10,15-19H2,(H,29,33)(H,30,34)(H,31,32). The predicted molar refractivity (Wildman–Crippen MR) is 133 cm³/mol. The van der Waals surface area contributed by atoms with Crippen molar-refractivity contribution in [1.29, 1.82) is 0 Å². The van der Waals surface area contributed by atoms with E-state index in [-0.39, 0.29) is 24.9 Å². The Hall–Kier alpha value is -3.35. The second-order valence-electron chi connectivity index (χ2n) is 9.55. The highest BCUT2D eigenvalue weighted by atomic mass is 16.5. The molecule has 0 radical (unpaired) electrons. The van der Waals surface area contributed by atoms with E-state index < -0.39 is 17.6 Å². The Balaban J connectivity index is 1.23. The van der Waals surface area contributed by atoms with E-state index in [1.807, 2.05) is 24.3 Å². The van der Waals surface area contributed by atoms with Crippen LogP contribution in [0.3, 0.4) is 0 Å². The highest BCUT2D eigenvalue weighted by molar-refractivity contribution is 5.91. The van der Waals surface area contributed by atoms with Gasteiger partial charge in [0.1, 0.15) is 12.1 Å². The van der Waals surface area contributed by atoms with Crippen molar-refractivity contribution in [2.75, 3.05) is 13.2 Å². The Bertz CT molecular complexity index is 1020. The Morgan fingerprint density at radius 2 is 1.49 bits per heavy atom. The Morgan fingerprint density at radius 1 is 0.886 bits per heavy atom. The van der Waals surface area contributed by atoms with Gasteiger partial charge in [0.15, 0.2) is 0 Å². The molecule has 2 amide bonds. The van der Waals surface area contributed by atoms with Crippen LogP contribution in [0.2, 0.25) is 0 Å². The zero-order valence-electron chi connectivity index (χ0n) is 20.1. The Labute approximate surface area is 206 Å². The van der Waals surface area contributed by atoms with E-state index in [1.165, 1.54) is 11.1 Å². The second-order valence-corrected chi connectivity index (χ2v) is 9.55. The van der Waals surface area contributed by atoms with Gasteiger partial charge in [0.05, 0.1) is 0 Å². The first-order valence-electron chi connectivity index (χ1n) is 12.6. The maximum absolute atomic E-state index is 12.8. The lowest BCUT2D eigenvalue weighted by Gasteiger charge is -2.40. The summed E-state index contributed by atoms with van der Waals surface area (Å²) >= 11 is 0. The first-order valence-corrected chi connectivity index (χ1v) is 12.6. The fourth-order valence-electron chi connectivity index (χ4n) is 5.07. The van der Waals surface area contributed by atoms with Gasteiger partial charge < -0.3 is 20.5 Å². The number of benzene rings is 2. The lowest BCUT2D eigenvalue weighted by Crippen LogP contribution is -2.63. The molecule has 0 spiro atoms. The van der Waals surface area contributed by atoms with Crippen LogP contribution in [0.4, 0.5) is 4.79 Å². The van der Waals surface area contributed by atoms with Gasteiger partial charge in [-0.15, -0.1) is 0 Å². The zero-order chi connectivity index (χ0) is 24.7. The number of rotatable bonds is 12. The summed E-state index contributed by atoms with van der Waals surface area (Å²) in [5.41, 5.74) is 3.77. The number of ether oxygens (including phenoxy) is 1. The minimum absolute atomic E-state index is 0.0187. The van der Waals surface area contributed by atoms with Crippen LogP contribution in [0.15, 0.2) is 48.5 Å². The van der Waals surface area contributed by atoms with Crippen molar-refractivity contribution < 1.29 is 24.2 Å². The molecule has 0 atom stereocenters. The molecule has 3 N–H and O–H groups in total. The van der Waals surface area contributed by atoms with Crippen LogP contribution >= 0.6 is 0 Å². The third-order valence-corrected chi connectivity index (χ3v) is 7.18. The van der Waals surface area contributed by atoms with Crippen molar-refractivity contribution in [2.45, 2.75) is 69.2 Å². The summed E-state index contributed by atoms with van der Waals surface area (Å²) < 4.78 is 5.65. The quantitative estimate of drug-likeness (QED) is 0.373. The average Bonchev–Trinajstić information content (AvgIpc) is 3.15. The molecule has 0 aromatic heterocycles. The van der Waals surface area contributed by atoms with Gasteiger partial charge in [0.2, 0.25) is 5.91 Å². The molecular formula is C28H34N2O5. The maximum Gasteiger partial charge on any atom is 0.408 e. The first kappa shape index (κ1) is 24.8. The van der Waals surface area contributed by atoms with Gasteiger partial charge in [0.25, 0.3) is 0 Å². The number of carboxylic acid groups (broad SMARTS) is 1. The summed E-state index contributed by atoms with van der Waals surface area (Å²) in [6.07, 6.45) is 6.05.